The first-order chi connectivity index (χ1) is 8.56. The average molecular weight is 247 g/mol. The van der Waals surface area contributed by atoms with Crippen LogP contribution in [0.1, 0.15) is 0 Å². The smallest absolute Gasteiger partial charge is 0.331 e. The van der Waals surface area contributed by atoms with Gasteiger partial charge in [-0.2, -0.15) is 0 Å². The van der Waals surface area contributed by atoms with Gasteiger partial charge >= 0.3 is 5.69 Å². The van der Waals surface area contributed by atoms with E-state index >= 15 is 0 Å². The largest absolute Gasteiger partial charge is 0.358 e. The summed E-state index contributed by atoms with van der Waals surface area (Å²) in [4.78, 5) is 35.4. The van der Waals surface area contributed by atoms with Crippen molar-refractivity contribution in [1.82, 2.24) is 14.5 Å². The van der Waals surface area contributed by atoms with Gasteiger partial charge in [-0.15, -0.1) is 0 Å². The van der Waals surface area contributed by atoms with Gasteiger partial charge in [0.2, 0.25) is 5.91 Å². The van der Waals surface area contributed by atoms with E-state index in [2.05, 4.69) is 5.32 Å². The summed E-state index contributed by atoms with van der Waals surface area (Å²) in [5, 5.41) is 2.81. The lowest BCUT2D eigenvalue weighted by Crippen LogP contribution is -2.42. The molecule has 6 nitrogen and oxygen atoms in total. The Hall–Kier alpha value is -2.37. The number of amides is 1. The van der Waals surface area contributed by atoms with E-state index in [9.17, 15) is 14.4 Å². The minimum absolute atomic E-state index is 0.271. The molecular formula is C12H13N3O3. The van der Waals surface area contributed by atoms with Gasteiger partial charge in [0.1, 0.15) is 6.54 Å². The summed E-state index contributed by atoms with van der Waals surface area (Å²) in [7, 11) is 3.03. The van der Waals surface area contributed by atoms with Crippen molar-refractivity contribution in [3.8, 4) is 0 Å². The van der Waals surface area contributed by atoms with Crippen molar-refractivity contribution in [2.45, 2.75) is 6.54 Å². The number of para-hydroxylation sites is 1. The van der Waals surface area contributed by atoms with Gasteiger partial charge < -0.3 is 5.32 Å². The van der Waals surface area contributed by atoms with E-state index in [0.717, 1.165) is 4.57 Å². The molecule has 6 heteroatoms. The minimum Gasteiger partial charge on any atom is -0.358 e. The van der Waals surface area contributed by atoms with Crippen LogP contribution >= 0.6 is 0 Å². The third-order valence-corrected chi connectivity index (χ3v) is 2.84. The summed E-state index contributed by atoms with van der Waals surface area (Å²) in [6.45, 7) is -0.271. The molecule has 0 aliphatic carbocycles. The Bertz CT molecular complexity index is 727. The molecule has 1 N–H and O–H groups in total. The molecule has 0 spiro atoms. The number of likely N-dealkylation sites (N-methyl/N-ethyl adjacent to an activating group) is 1. The molecule has 0 aliphatic heterocycles. The van der Waals surface area contributed by atoms with Crippen LogP contribution in [0.15, 0.2) is 33.9 Å². The predicted molar refractivity (Wildman–Crippen MR) is 67.5 cm³/mol. The van der Waals surface area contributed by atoms with Crippen LogP contribution in [0, 0.1) is 0 Å². The molecule has 2 rings (SSSR count). The number of carbonyl (C=O) groups is 1. The second kappa shape index (κ2) is 4.48. The van der Waals surface area contributed by atoms with Crippen LogP contribution in [0.2, 0.25) is 0 Å². The molecule has 0 saturated heterocycles. The van der Waals surface area contributed by atoms with Gasteiger partial charge in [0.15, 0.2) is 0 Å². The highest BCUT2D eigenvalue weighted by Gasteiger charge is 2.12. The lowest BCUT2D eigenvalue weighted by atomic mass is 10.2. The number of aromatic nitrogens is 2. The Kier molecular flexibility index (Phi) is 3.01. The fraction of sp³-hybridized carbons (Fsp3) is 0.250. The Morgan fingerprint density at radius 3 is 2.61 bits per heavy atom. The summed E-state index contributed by atoms with van der Waals surface area (Å²) in [5.41, 5.74) is -0.389. The molecule has 0 unspecified atom stereocenters. The molecule has 0 atom stereocenters. The summed E-state index contributed by atoms with van der Waals surface area (Å²) in [6, 6.07) is 6.81. The first kappa shape index (κ1) is 12.1. The first-order valence-corrected chi connectivity index (χ1v) is 5.45. The summed E-state index contributed by atoms with van der Waals surface area (Å²) in [5.74, 6) is -0.385. The number of hydrogen-bond acceptors (Lipinski definition) is 3. The molecule has 18 heavy (non-hydrogen) atoms. The Morgan fingerprint density at radius 1 is 1.28 bits per heavy atom. The molecular weight excluding hydrogens is 234 g/mol. The van der Waals surface area contributed by atoms with E-state index < -0.39 is 11.2 Å². The molecule has 0 fully saturated rings. The van der Waals surface area contributed by atoms with E-state index in [1.807, 2.05) is 0 Å². The van der Waals surface area contributed by atoms with E-state index in [4.69, 9.17) is 0 Å². The molecule has 0 radical (unpaired) electrons. The van der Waals surface area contributed by atoms with Crippen LogP contribution in [0.25, 0.3) is 10.9 Å². The average Bonchev–Trinajstić information content (AvgIpc) is 2.40. The lowest BCUT2D eigenvalue weighted by Gasteiger charge is -2.09. The zero-order chi connectivity index (χ0) is 13.3. The van der Waals surface area contributed by atoms with Crippen molar-refractivity contribution in [3.63, 3.8) is 0 Å². The Balaban J connectivity index is 2.79. The quantitative estimate of drug-likeness (QED) is 0.773. The van der Waals surface area contributed by atoms with E-state index in [-0.39, 0.29) is 12.5 Å². The van der Waals surface area contributed by atoms with Gasteiger partial charge in [-0.1, -0.05) is 12.1 Å². The van der Waals surface area contributed by atoms with Crippen LogP contribution < -0.4 is 16.6 Å². The zero-order valence-corrected chi connectivity index (χ0v) is 10.1. The van der Waals surface area contributed by atoms with Gasteiger partial charge in [-0.25, -0.2) is 4.79 Å². The second-order valence-corrected chi connectivity index (χ2v) is 3.92. The predicted octanol–water partition coefficient (Wildman–Crippen LogP) is -0.554. The molecule has 1 aromatic heterocycles. The number of hydrogen-bond donors (Lipinski definition) is 1. The van der Waals surface area contributed by atoms with E-state index in [1.54, 1.807) is 31.3 Å². The first-order valence-electron chi connectivity index (χ1n) is 5.45. The van der Waals surface area contributed by atoms with Gasteiger partial charge in [0.05, 0.1) is 10.9 Å². The van der Waals surface area contributed by atoms with Crippen molar-refractivity contribution in [2.24, 2.45) is 7.05 Å². The van der Waals surface area contributed by atoms with Crippen molar-refractivity contribution in [2.75, 3.05) is 7.05 Å². The highest BCUT2D eigenvalue weighted by molar-refractivity contribution is 5.79. The number of rotatable bonds is 2. The fourth-order valence-corrected chi connectivity index (χ4v) is 1.83. The monoisotopic (exact) mass is 247 g/mol. The Labute approximate surface area is 102 Å². The third kappa shape index (κ3) is 1.81. The third-order valence-electron chi connectivity index (χ3n) is 2.84. The van der Waals surface area contributed by atoms with Crippen LogP contribution in [-0.4, -0.2) is 22.1 Å². The van der Waals surface area contributed by atoms with E-state index in [0.29, 0.717) is 10.9 Å². The highest BCUT2D eigenvalue weighted by Crippen LogP contribution is 2.05. The molecule has 1 amide bonds. The van der Waals surface area contributed by atoms with Crippen LogP contribution in [-0.2, 0) is 18.4 Å². The number of benzene rings is 1. The maximum atomic E-state index is 12.1. The maximum absolute atomic E-state index is 12.1. The summed E-state index contributed by atoms with van der Waals surface area (Å²) >= 11 is 0. The zero-order valence-electron chi connectivity index (χ0n) is 10.1. The van der Waals surface area contributed by atoms with Gasteiger partial charge in [-0.05, 0) is 12.1 Å². The Morgan fingerprint density at radius 2 is 1.94 bits per heavy atom. The number of nitrogens with zero attached hydrogens (tertiary/aromatic N) is 2. The van der Waals surface area contributed by atoms with Crippen LogP contribution in [0.5, 0.6) is 0 Å². The molecule has 2 aromatic rings. The topological polar surface area (TPSA) is 73.1 Å². The number of carbonyl (C=O) groups excluding carboxylic acids is 1. The molecule has 0 bridgehead atoms. The SMILES string of the molecule is CNC(=O)Cn1c(=O)c2ccccc2n(C)c1=O. The van der Waals surface area contributed by atoms with Crippen molar-refractivity contribution < 1.29 is 4.79 Å². The van der Waals surface area contributed by atoms with Gasteiger partial charge in [0.25, 0.3) is 5.56 Å². The molecule has 0 saturated carbocycles. The maximum Gasteiger partial charge on any atom is 0.331 e. The van der Waals surface area contributed by atoms with Crippen molar-refractivity contribution in [1.29, 1.82) is 0 Å². The van der Waals surface area contributed by atoms with Gasteiger partial charge in [-0.3, -0.25) is 18.7 Å². The normalized spacial score (nSPS) is 10.6. The standard InChI is InChI=1S/C12H13N3O3/c1-13-10(16)7-15-11(17)8-5-3-4-6-9(8)14(2)12(15)18/h3-6H,7H2,1-2H3,(H,13,16). The van der Waals surface area contributed by atoms with Gasteiger partial charge in [0, 0.05) is 14.1 Å². The van der Waals surface area contributed by atoms with E-state index in [1.165, 1.54) is 11.6 Å². The van der Waals surface area contributed by atoms with Crippen molar-refractivity contribution >= 4 is 16.8 Å². The highest BCUT2D eigenvalue weighted by atomic mass is 16.2. The second-order valence-electron chi connectivity index (χ2n) is 3.92. The lowest BCUT2D eigenvalue weighted by molar-refractivity contribution is -0.121. The van der Waals surface area contributed by atoms with Crippen LogP contribution in [0.4, 0.5) is 0 Å². The number of aryl methyl sites for hydroxylation is 1. The van der Waals surface area contributed by atoms with Crippen molar-refractivity contribution in [3.05, 3.63) is 45.1 Å². The molecule has 0 aliphatic rings. The van der Waals surface area contributed by atoms with Crippen LogP contribution in [0.3, 0.4) is 0 Å². The summed E-state index contributed by atoms with van der Waals surface area (Å²) < 4.78 is 2.29. The summed E-state index contributed by atoms with van der Waals surface area (Å²) in [6.07, 6.45) is 0. The fourth-order valence-electron chi connectivity index (χ4n) is 1.83. The number of nitrogens with one attached hydrogen (secondary N) is 1. The minimum atomic E-state index is -0.498. The molecule has 1 heterocycles. The number of fused-ring (bicyclic) bond motifs is 1. The molecule has 1 aromatic carbocycles. The molecule has 94 valence electrons.